The first-order valence-electron chi connectivity index (χ1n) is 7.50. The van der Waals surface area contributed by atoms with Crippen molar-refractivity contribution in [1.29, 1.82) is 0 Å². The topological polar surface area (TPSA) is 58.1 Å². The van der Waals surface area contributed by atoms with Crippen molar-refractivity contribution in [3.8, 4) is 0 Å². The van der Waals surface area contributed by atoms with Gasteiger partial charge in [-0.3, -0.25) is 4.79 Å². The number of nitrogens with one attached hydrogen (secondary N) is 1. The van der Waals surface area contributed by atoms with Gasteiger partial charge in [0.15, 0.2) is 0 Å². The summed E-state index contributed by atoms with van der Waals surface area (Å²) in [6.45, 7) is 9.86. The SMILES string of the molecule is CCN(CC)c1cc(C(=O)Nc2ccc(C)c(C)c2)ncn1. The molecule has 0 radical (unpaired) electrons. The molecular weight excluding hydrogens is 276 g/mol. The lowest BCUT2D eigenvalue weighted by Crippen LogP contribution is -2.24. The number of carbonyl (C=O) groups excluding carboxylic acids is 1. The molecule has 0 fully saturated rings. The van der Waals surface area contributed by atoms with Crippen molar-refractivity contribution in [2.45, 2.75) is 27.7 Å². The van der Waals surface area contributed by atoms with Crippen molar-refractivity contribution in [3.05, 3.63) is 47.4 Å². The zero-order chi connectivity index (χ0) is 16.1. The Bertz CT molecular complexity index is 665. The van der Waals surface area contributed by atoms with Crippen LogP contribution in [0.1, 0.15) is 35.5 Å². The fraction of sp³-hybridized carbons (Fsp3) is 0.353. The minimum Gasteiger partial charge on any atom is -0.357 e. The van der Waals surface area contributed by atoms with Crippen molar-refractivity contribution in [2.75, 3.05) is 23.3 Å². The monoisotopic (exact) mass is 298 g/mol. The third-order valence-corrected chi connectivity index (χ3v) is 3.74. The van der Waals surface area contributed by atoms with Crippen LogP contribution in [0.4, 0.5) is 11.5 Å². The number of aryl methyl sites for hydroxylation is 2. The molecule has 22 heavy (non-hydrogen) atoms. The molecule has 5 nitrogen and oxygen atoms in total. The lowest BCUT2D eigenvalue weighted by Gasteiger charge is -2.19. The van der Waals surface area contributed by atoms with Gasteiger partial charge in [0, 0.05) is 24.8 Å². The number of aromatic nitrogens is 2. The van der Waals surface area contributed by atoms with Crippen LogP contribution in [-0.2, 0) is 0 Å². The van der Waals surface area contributed by atoms with Gasteiger partial charge in [0.05, 0.1) is 0 Å². The summed E-state index contributed by atoms with van der Waals surface area (Å²) in [7, 11) is 0. The highest BCUT2D eigenvalue weighted by atomic mass is 16.1. The van der Waals surface area contributed by atoms with Crippen LogP contribution in [0.2, 0.25) is 0 Å². The smallest absolute Gasteiger partial charge is 0.274 e. The van der Waals surface area contributed by atoms with Crippen molar-refractivity contribution >= 4 is 17.4 Å². The van der Waals surface area contributed by atoms with E-state index in [4.69, 9.17) is 0 Å². The van der Waals surface area contributed by atoms with E-state index in [1.54, 1.807) is 6.07 Å². The summed E-state index contributed by atoms with van der Waals surface area (Å²) < 4.78 is 0. The number of nitrogens with zero attached hydrogens (tertiary/aromatic N) is 3. The van der Waals surface area contributed by atoms with Crippen molar-refractivity contribution in [1.82, 2.24) is 9.97 Å². The first-order valence-corrected chi connectivity index (χ1v) is 7.50. The standard InChI is InChI=1S/C17H22N4O/c1-5-21(6-2)16-10-15(18-11-19-16)17(22)20-14-8-7-12(3)13(4)9-14/h7-11H,5-6H2,1-4H3,(H,20,22). The molecule has 0 saturated carbocycles. The van der Waals surface area contributed by atoms with E-state index in [9.17, 15) is 4.79 Å². The number of amides is 1. The average molecular weight is 298 g/mol. The number of anilines is 2. The van der Waals surface area contributed by atoms with E-state index in [1.807, 2.05) is 32.0 Å². The van der Waals surface area contributed by atoms with Gasteiger partial charge in [-0.1, -0.05) is 6.07 Å². The van der Waals surface area contributed by atoms with E-state index in [0.29, 0.717) is 5.69 Å². The number of hydrogen-bond donors (Lipinski definition) is 1. The summed E-state index contributed by atoms with van der Waals surface area (Å²) in [6, 6.07) is 7.57. The van der Waals surface area contributed by atoms with Gasteiger partial charge in [0.1, 0.15) is 17.8 Å². The third-order valence-electron chi connectivity index (χ3n) is 3.74. The Balaban J connectivity index is 2.18. The van der Waals surface area contributed by atoms with E-state index in [2.05, 4.69) is 34.0 Å². The Morgan fingerprint density at radius 2 is 1.82 bits per heavy atom. The molecule has 1 aromatic carbocycles. The third kappa shape index (κ3) is 3.61. The molecule has 0 aliphatic rings. The van der Waals surface area contributed by atoms with E-state index < -0.39 is 0 Å². The Labute approximate surface area is 131 Å². The fourth-order valence-corrected chi connectivity index (χ4v) is 2.21. The average Bonchev–Trinajstić information content (AvgIpc) is 2.52. The second-order valence-corrected chi connectivity index (χ2v) is 5.19. The maximum Gasteiger partial charge on any atom is 0.274 e. The van der Waals surface area contributed by atoms with Crippen LogP contribution in [0, 0.1) is 13.8 Å². The normalized spacial score (nSPS) is 10.4. The second-order valence-electron chi connectivity index (χ2n) is 5.19. The van der Waals surface area contributed by atoms with Gasteiger partial charge in [0.25, 0.3) is 5.91 Å². The van der Waals surface area contributed by atoms with Crippen molar-refractivity contribution in [3.63, 3.8) is 0 Å². The Morgan fingerprint density at radius 3 is 2.45 bits per heavy atom. The van der Waals surface area contributed by atoms with Gasteiger partial charge in [-0.05, 0) is 51.0 Å². The Kier molecular flexibility index (Phi) is 5.09. The van der Waals surface area contributed by atoms with Gasteiger partial charge in [-0.15, -0.1) is 0 Å². The maximum atomic E-state index is 12.3. The minimum atomic E-state index is -0.223. The van der Waals surface area contributed by atoms with Crippen LogP contribution in [0.3, 0.4) is 0 Å². The summed E-state index contributed by atoms with van der Waals surface area (Å²) in [5.74, 6) is 0.546. The summed E-state index contributed by atoms with van der Waals surface area (Å²) in [5, 5.41) is 2.88. The van der Waals surface area contributed by atoms with Crippen molar-refractivity contribution in [2.24, 2.45) is 0 Å². The summed E-state index contributed by atoms with van der Waals surface area (Å²) in [4.78, 5) is 22.7. The van der Waals surface area contributed by atoms with Gasteiger partial charge >= 0.3 is 0 Å². The van der Waals surface area contributed by atoms with Crippen LogP contribution >= 0.6 is 0 Å². The predicted molar refractivity (Wildman–Crippen MR) is 89.5 cm³/mol. The molecule has 0 unspecified atom stereocenters. The molecule has 1 N–H and O–H groups in total. The Hall–Kier alpha value is -2.43. The highest BCUT2D eigenvalue weighted by Gasteiger charge is 2.12. The quantitative estimate of drug-likeness (QED) is 0.921. The molecule has 5 heteroatoms. The Morgan fingerprint density at radius 1 is 1.09 bits per heavy atom. The van der Waals surface area contributed by atoms with Crippen LogP contribution in [0.5, 0.6) is 0 Å². The van der Waals surface area contributed by atoms with Crippen LogP contribution in [0.15, 0.2) is 30.6 Å². The molecule has 0 aliphatic carbocycles. The molecule has 0 atom stereocenters. The zero-order valence-electron chi connectivity index (χ0n) is 13.6. The number of benzene rings is 1. The number of hydrogen-bond acceptors (Lipinski definition) is 4. The predicted octanol–water partition coefficient (Wildman–Crippen LogP) is 3.19. The maximum absolute atomic E-state index is 12.3. The molecule has 1 aromatic heterocycles. The van der Waals surface area contributed by atoms with Crippen molar-refractivity contribution < 1.29 is 4.79 Å². The van der Waals surface area contributed by atoms with E-state index in [-0.39, 0.29) is 5.91 Å². The first kappa shape index (κ1) is 15.9. The zero-order valence-corrected chi connectivity index (χ0v) is 13.6. The molecule has 0 spiro atoms. The summed E-state index contributed by atoms with van der Waals surface area (Å²) in [5.41, 5.74) is 3.49. The van der Waals surface area contributed by atoms with Crippen LogP contribution in [-0.4, -0.2) is 29.0 Å². The molecule has 2 rings (SSSR count). The lowest BCUT2D eigenvalue weighted by molar-refractivity contribution is 0.102. The van der Waals surface area contributed by atoms with Crippen LogP contribution < -0.4 is 10.2 Å². The lowest BCUT2D eigenvalue weighted by atomic mass is 10.1. The van der Waals surface area contributed by atoms with Crippen LogP contribution in [0.25, 0.3) is 0 Å². The molecule has 0 saturated heterocycles. The molecule has 1 amide bonds. The first-order chi connectivity index (χ1) is 10.5. The summed E-state index contributed by atoms with van der Waals surface area (Å²) >= 11 is 0. The fourth-order valence-electron chi connectivity index (χ4n) is 2.21. The van der Waals surface area contributed by atoms with E-state index in [0.717, 1.165) is 30.2 Å². The van der Waals surface area contributed by atoms with Gasteiger partial charge in [-0.2, -0.15) is 0 Å². The number of rotatable bonds is 5. The number of carbonyl (C=O) groups is 1. The van der Waals surface area contributed by atoms with E-state index in [1.165, 1.54) is 11.9 Å². The van der Waals surface area contributed by atoms with Gasteiger partial charge < -0.3 is 10.2 Å². The molecule has 0 aliphatic heterocycles. The largest absolute Gasteiger partial charge is 0.357 e. The minimum absolute atomic E-state index is 0.223. The van der Waals surface area contributed by atoms with E-state index >= 15 is 0 Å². The molecule has 0 bridgehead atoms. The van der Waals surface area contributed by atoms with Gasteiger partial charge in [0.2, 0.25) is 0 Å². The molecule has 116 valence electrons. The van der Waals surface area contributed by atoms with Gasteiger partial charge in [-0.25, -0.2) is 9.97 Å². The molecule has 1 heterocycles. The summed E-state index contributed by atoms with van der Waals surface area (Å²) in [6.07, 6.45) is 1.43. The second kappa shape index (κ2) is 7.02. The highest BCUT2D eigenvalue weighted by molar-refractivity contribution is 6.03. The molecular formula is C17H22N4O. The molecule has 2 aromatic rings. The highest BCUT2D eigenvalue weighted by Crippen LogP contribution is 2.16.